The van der Waals surface area contributed by atoms with Crippen LogP contribution in [-0.2, 0) is 9.84 Å². The Labute approximate surface area is 104 Å². The second-order valence-electron chi connectivity index (χ2n) is 3.00. The highest BCUT2D eigenvalue weighted by Gasteiger charge is 2.13. The van der Waals surface area contributed by atoms with E-state index in [0.717, 1.165) is 0 Å². The van der Waals surface area contributed by atoms with Crippen LogP contribution < -0.4 is 5.32 Å². The molecule has 88 valence electrons. The van der Waals surface area contributed by atoms with E-state index in [-0.39, 0.29) is 17.2 Å². The molecule has 1 amide bonds. The van der Waals surface area contributed by atoms with Crippen molar-refractivity contribution in [3.8, 4) is 0 Å². The zero-order valence-electron chi connectivity index (χ0n) is 8.18. The molecule has 0 aliphatic heterocycles. The molecule has 0 saturated carbocycles. The summed E-state index contributed by atoms with van der Waals surface area (Å²) in [6, 6.07) is 5.87. The Balaban J connectivity index is 2.71. The zero-order chi connectivity index (χ0) is 12.2. The predicted molar refractivity (Wildman–Crippen MR) is 65.9 cm³/mol. The maximum atomic E-state index is 11.7. The van der Waals surface area contributed by atoms with Crippen molar-refractivity contribution in [2.75, 3.05) is 12.3 Å². The average Bonchev–Trinajstić information content (AvgIpc) is 2.17. The number of amides is 1. The quantitative estimate of drug-likeness (QED) is 0.826. The monoisotopic (exact) mass is 279 g/mol. The van der Waals surface area contributed by atoms with Crippen LogP contribution in [0.5, 0.6) is 0 Å². The van der Waals surface area contributed by atoms with E-state index in [2.05, 4.69) is 17.9 Å². The lowest BCUT2D eigenvalue weighted by molar-refractivity contribution is 0.261. The van der Waals surface area contributed by atoms with Crippen LogP contribution >= 0.6 is 24.2 Å². The fourth-order valence-corrected chi connectivity index (χ4v) is 2.45. The number of sulfone groups is 1. The molecule has 0 fully saturated rings. The lowest BCUT2D eigenvalue weighted by atomic mass is 10.4. The summed E-state index contributed by atoms with van der Waals surface area (Å²) >= 11 is 9.11. The summed E-state index contributed by atoms with van der Waals surface area (Å²) in [5, 5.41) is 2.23. The van der Waals surface area contributed by atoms with Gasteiger partial charge in [-0.1, -0.05) is 24.2 Å². The highest BCUT2D eigenvalue weighted by atomic mass is 35.5. The lowest BCUT2D eigenvalue weighted by Crippen LogP contribution is -2.24. The predicted octanol–water partition coefficient (Wildman–Crippen LogP) is 1.75. The summed E-state index contributed by atoms with van der Waals surface area (Å²) in [5.74, 6) is -0.166. The average molecular weight is 280 g/mol. The van der Waals surface area contributed by atoms with Gasteiger partial charge in [-0.05, 0) is 24.3 Å². The molecule has 0 unspecified atom stereocenters. The van der Waals surface area contributed by atoms with E-state index in [4.69, 9.17) is 11.6 Å². The van der Waals surface area contributed by atoms with Gasteiger partial charge in [0.05, 0.1) is 10.6 Å². The highest BCUT2D eigenvalue weighted by molar-refractivity contribution is 7.96. The third-order valence-corrected chi connectivity index (χ3v) is 3.96. The second kappa shape index (κ2) is 5.56. The maximum Gasteiger partial charge on any atom is 0.276 e. The van der Waals surface area contributed by atoms with Crippen LogP contribution in [0.2, 0.25) is 5.02 Å². The molecule has 1 aromatic carbocycles. The largest absolute Gasteiger partial charge is 0.346 e. The van der Waals surface area contributed by atoms with Gasteiger partial charge in [0.25, 0.3) is 5.24 Å². The number of halogens is 1. The van der Waals surface area contributed by atoms with Gasteiger partial charge in [0.15, 0.2) is 9.84 Å². The highest BCUT2D eigenvalue weighted by Crippen LogP contribution is 2.14. The number of carbonyl (C=O) groups excluding carboxylic acids is 1. The van der Waals surface area contributed by atoms with Crippen LogP contribution in [0.3, 0.4) is 0 Å². The van der Waals surface area contributed by atoms with E-state index in [1.165, 1.54) is 24.3 Å². The Morgan fingerprint density at radius 3 is 2.38 bits per heavy atom. The molecule has 0 radical (unpaired) electrons. The van der Waals surface area contributed by atoms with E-state index in [9.17, 15) is 13.2 Å². The molecule has 0 aliphatic rings. The lowest BCUT2D eigenvalue weighted by Gasteiger charge is -2.04. The standard InChI is InChI=1S/C9H10ClNO3S2/c10-7-1-3-8(4-2-7)16(13,14)6-5-11-9(12)15/h1-4H,5-6H2,(H2,11,12,15). The first-order chi connectivity index (χ1) is 7.42. The summed E-state index contributed by atoms with van der Waals surface area (Å²) in [5.41, 5.74) is 0. The van der Waals surface area contributed by atoms with Crippen LogP contribution in [0.4, 0.5) is 4.79 Å². The van der Waals surface area contributed by atoms with Crippen LogP contribution in [-0.4, -0.2) is 26.0 Å². The number of rotatable bonds is 4. The van der Waals surface area contributed by atoms with Crippen molar-refractivity contribution in [1.82, 2.24) is 5.32 Å². The molecular weight excluding hydrogens is 270 g/mol. The van der Waals surface area contributed by atoms with Gasteiger partial charge in [0.1, 0.15) is 0 Å². The molecule has 0 spiro atoms. The summed E-state index contributed by atoms with van der Waals surface area (Å²) in [4.78, 5) is 10.6. The van der Waals surface area contributed by atoms with Gasteiger partial charge in [0, 0.05) is 11.6 Å². The van der Waals surface area contributed by atoms with Crippen molar-refractivity contribution in [3.63, 3.8) is 0 Å². The molecule has 0 atom stereocenters. The van der Waals surface area contributed by atoms with Gasteiger partial charge >= 0.3 is 0 Å². The van der Waals surface area contributed by atoms with E-state index in [1.807, 2.05) is 0 Å². The Hall–Kier alpha value is -0.720. The smallest absolute Gasteiger partial charge is 0.276 e. The van der Waals surface area contributed by atoms with E-state index in [1.54, 1.807) is 0 Å². The minimum absolute atomic E-state index is 0.0350. The SMILES string of the molecule is O=C(S)NCCS(=O)(=O)c1ccc(Cl)cc1. The van der Waals surface area contributed by atoms with Gasteiger partial charge in [0.2, 0.25) is 0 Å². The molecule has 0 saturated heterocycles. The molecule has 1 rings (SSSR count). The van der Waals surface area contributed by atoms with Crippen LogP contribution in [0.1, 0.15) is 0 Å². The summed E-state index contributed by atoms with van der Waals surface area (Å²) < 4.78 is 23.4. The number of benzene rings is 1. The Morgan fingerprint density at radius 2 is 1.88 bits per heavy atom. The van der Waals surface area contributed by atoms with Crippen molar-refractivity contribution in [1.29, 1.82) is 0 Å². The summed E-state index contributed by atoms with van der Waals surface area (Å²) in [7, 11) is -3.38. The van der Waals surface area contributed by atoms with E-state index >= 15 is 0 Å². The number of carbonyl (C=O) groups is 1. The molecule has 0 aromatic heterocycles. The third kappa shape index (κ3) is 4.03. The second-order valence-corrected chi connectivity index (χ2v) is 5.96. The fourth-order valence-electron chi connectivity index (χ4n) is 1.05. The Morgan fingerprint density at radius 1 is 1.31 bits per heavy atom. The molecule has 1 aromatic rings. The molecule has 0 bridgehead atoms. The van der Waals surface area contributed by atoms with Crippen molar-refractivity contribution >= 4 is 39.3 Å². The van der Waals surface area contributed by atoms with Gasteiger partial charge in [-0.3, -0.25) is 4.79 Å². The van der Waals surface area contributed by atoms with E-state index in [0.29, 0.717) is 5.02 Å². The molecule has 16 heavy (non-hydrogen) atoms. The van der Waals surface area contributed by atoms with Crippen molar-refractivity contribution in [3.05, 3.63) is 29.3 Å². The number of nitrogens with one attached hydrogen (secondary N) is 1. The first-order valence-electron chi connectivity index (χ1n) is 4.37. The summed E-state index contributed by atoms with van der Waals surface area (Å²) in [6.07, 6.45) is 0. The van der Waals surface area contributed by atoms with Crippen molar-refractivity contribution in [2.45, 2.75) is 4.90 Å². The minimum Gasteiger partial charge on any atom is -0.346 e. The Kier molecular flexibility index (Phi) is 4.64. The zero-order valence-corrected chi connectivity index (χ0v) is 10.6. The van der Waals surface area contributed by atoms with Gasteiger partial charge in [-0.2, -0.15) is 0 Å². The fraction of sp³-hybridized carbons (Fsp3) is 0.222. The normalized spacial score (nSPS) is 11.1. The van der Waals surface area contributed by atoms with Gasteiger partial charge in [-0.25, -0.2) is 8.42 Å². The molecule has 7 heteroatoms. The summed E-state index contributed by atoms with van der Waals surface area (Å²) in [6.45, 7) is 0.0350. The number of hydrogen-bond donors (Lipinski definition) is 2. The van der Waals surface area contributed by atoms with Crippen LogP contribution in [0, 0.1) is 0 Å². The molecular formula is C9H10ClNO3S2. The van der Waals surface area contributed by atoms with Gasteiger partial charge in [-0.15, -0.1) is 0 Å². The van der Waals surface area contributed by atoms with Crippen molar-refractivity contribution < 1.29 is 13.2 Å². The van der Waals surface area contributed by atoms with E-state index < -0.39 is 15.1 Å². The first-order valence-corrected chi connectivity index (χ1v) is 6.85. The minimum atomic E-state index is -3.38. The molecule has 0 aliphatic carbocycles. The molecule has 4 nitrogen and oxygen atoms in total. The topological polar surface area (TPSA) is 63.2 Å². The number of thiol groups is 1. The first kappa shape index (κ1) is 13.3. The van der Waals surface area contributed by atoms with Crippen LogP contribution in [0.25, 0.3) is 0 Å². The number of hydrogen-bond acceptors (Lipinski definition) is 3. The Bertz CT molecular complexity index is 470. The third-order valence-electron chi connectivity index (χ3n) is 1.82. The van der Waals surface area contributed by atoms with Gasteiger partial charge < -0.3 is 5.32 Å². The molecule has 1 N–H and O–H groups in total. The maximum absolute atomic E-state index is 11.7. The van der Waals surface area contributed by atoms with Crippen LogP contribution in [0.15, 0.2) is 29.2 Å². The molecule has 0 heterocycles. The van der Waals surface area contributed by atoms with Crippen molar-refractivity contribution in [2.24, 2.45) is 0 Å².